The number of amides is 1. The lowest BCUT2D eigenvalue weighted by Crippen LogP contribution is -2.36. The van der Waals surface area contributed by atoms with Crippen LogP contribution in [-0.2, 0) is 4.74 Å². The van der Waals surface area contributed by atoms with Crippen molar-refractivity contribution in [3.8, 4) is 10.7 Å². The number of aromatic amines is 1. The molecule has 0 unspecified atom stereocenters. The molecular formula is C19H21BrN4O2S. The first-order valence-electron chi connectivity index (χ1n) is 8.91. The van der Waals surface area contributed by atoms with Crippen molar-refractivity contribution in [2.75, 3.05) is 6.54 Å². The van der Waals surface area contributed by atoms with E-state index in [1.54, 1.807) is 22.4 Å². The van der Waals surface area contributed by atoms with E-state index in [0.29, 0.717) is 6.54 Å². The number of hydrogen-bond donors (Lipinski definition) is 1. The molecule has 3 aromatic rings. The van der Waals surface area contributed by atoms with Crippen molar-refractivity contribution in [2.24, 2.45) is 0 Å². The normalized spacial score (nSPS) is 17.6. The highest BCUT2D eigenvalue weighted by molar-refractivity contribution is 9.10. The molecule has 1 fully saturated rings. The molecule has 8 heteroatoms. The molecule has 0 bridgehead atoms. The average molecular weight is 449 g/mol. The van der Waals surface area contributed by atoms with Crippen LogP contribution in [0.25, 0.3) is 20.9 Å². The van der Waals surface area contributed by atoms with Crippen molar-refractivity contribution in [1.82, 2.24) is 19.9 Å². The Morgan fingerprint density at radius 3 is 3.00 bits per heavy atom. The lowest BCUT2D eigenvalue weighted by atomic mass is 10.2. The maximum Gasteiger partial charge on any atom is 0.410 e. The van der Waals surface area contributed by atoms with Crippen LogP contribution in [0.1, 0.15) is 45.5 Å². The van der Waals surface area contributed by atoms with E-state index in [2.05, 4.69) is 36.9 Å². The second-order valence-corrected chi connectivity index (χ2v) is 9.59. The Kier molecular flexibility index (Phi) is 4.71. The molecule has 1 aliphatic heterocycles. The van der Waals surface area contributed by atoms with E-state index in [4.69, 9.17) is 4.74 Å². The Bertz CT molecular complexity index is 991. The number of benzene rings is 1. The van der Waals surface area contributed by atoms with Gasteiger partial charge in [-0.05, 0) is 51.8 Å². The molecule has 3 heterocycles. The number of aromatic nitrogens is 3. The molecule has 1 saturated heterocycles. The first kappa shape index (κ1) is 18.4. The van der Waals surface area contributed by atoms with Crippen LogP contribution < -0.4 is 0 Å². The number of likely N-dealkylation sites (tertiary alicyclic amines) is 1. The second-order valence-electron chi connectivity index (χ2n) is 7.64. The number of rotatable bonds is 2. The molecule has 1 aromatic carbocycles. The summed E-state index contributed by atoms with van der Waals surface area (Å²) in [4.78, 5) is 26.9. The molecule has 0 spiro atoms. The van der Waals surface area contributed by atoms with Gasteiger partial charge in [0.1, 0.15) is 16.4 Å². The summed E-state index contributed by atoms with van der Waals surface area (Å²) < 4.78 is 7.70. The van der Waals surface area contributed by atoms with Crippen LogP contribution in [-0.4, -0.2) is 38.1 Å². The fourth-order valence-corrected chi connectivity index (χ4v) is 4.70. The molecular weight excluding hydrogens is 428 g/mol. The predicted octanol–water partition coefficient (Wildman–Crippen LogP) is 5.52. The van der Waals surface area contributed by atoms with Gasteiger partial charge in [-0.3, -0.25) is 4.90 Å². The third-order valence-electron chi connectivity index (χ3n) is 4.37. The Morgan fingerprint density at radius 2 is 2.22 bits per heavy atom. The molecule has 1 N–H and O–H groups in total. The van der Waals surface area contributed by atoms with Gasteiger partial charge in [0.05, 0.1) is 28.1 Å². The van der Waals surface area contributed by atoms with Crippen LogP contribution in [0.2, 0.25) is 0 Å². The molecule has 1 amide bonds. The number of nitrogens with one attached hydrogen (secondary N) is 1. The number of carbonyl (C=O) groups is 1. The third kappa shape index (κ3) is 3.87. The van der Waals surface area contributed by atoms with Crippen LogP contribution in [0.15, 0.2) is 28.9 Å². The number of nitrogens with zero attached hydrogens (tertiary/aromatic N) is 3. The summed E-state index contributed by atoms with van der Waals surface area (Å²) in [5.41, 5.74) is 1.33. The minimum atomic E-state index is -0.506. The molecule has 142 valence electrons. The average Bonchev–Trinajstić information content (AvgIpc) is 3.30. The number of imidazole rings is 1. The molecule has 0 aliphatic carbocycles. The van der Waals surface area contributed by atoms with E-state index < -0.39 is 5.60 Å². The molecule has 4 rings (SSSR count). The first-order chi connectivity index (χ1) is 12.8. The minimum absolute atomic E-state index is 0.0860. The Balaban J connectivity index is 1.58. The number of fused-ring (bicyclic) bond motifs is 1. The maximum atomic E-state index is 12.5. The molecule has 2 aromatic heterocycles. The highest BCUT2D eigenvalue weighted by Crippen LogP contribution is 2.35. The molecule has 6 nitrogen and oxygen atoms in total. The van der Waals surface area contributed by atoms with Crippen molar-refractivity contribution < 1.29 is 9.53 Å². The molecule has 27 heavy (non-hydrogen) atoms. The summed E-state index contributed by atoms with van der Waals surface area (Å²) in [5, 5.41) is 0.892. The van der Waals surface area contributed by atoms with Crippen molar-refractivity contribution in [2.45, 2.75) is 45.3 Å². The van der Waals surface area contributed by atoms with Gasteiger partial charge >= 0.3 is 6.09 Å². The highest BCUT2D eigenvalue weighted by Gasteiger charge is 2.34. The fourth-order valence-electron chi connectivity index (χ4n) is 3.22. The van der Waals surface area contributed by atoms with Crippen molar-refractivity contribution >= 4 is 43.6 Å². The lowest BCUT2D eigenvalue weighted by molar-refractivity contribution is 0.0219. The van der Waals surface area contributed by atoms with Gasteiger partial charge in [0.2, 0.25) is 0 Å². The molecule has 1 atom stereocenters. The highest BCUT2D eigenvalue weighted by atomic mass is 79.9. The summed E-state index contributed by atoms with van der Waals surface area (Å²) in [6.45, 7) is 6.33. The monoisotopic (exact) mass is 448 g/mol. The largest absolute Gasteiger partial charge is 0.444 e. The van der Waals surface area contributed by atoms with Gasteiger partial charge in [0.25, 0.3) is 0 Å². The zero-order valence-electron chi connectivity index (χ0n) is 15.5. The van der Waals surface area contributed by atoms with E-state index in [-0.39, 0.29) is 12.1 Å². The second kappa shape index (κ2) is 6.91. The van der Waals surface area contributed by atoms with Crippen LogP contribution in [0.3, 0.4) is 0 Å². The quantitative estimate of drug-likeness (QED) is 0.559. The van der Waals surface area contributed by atoms with E-state index in [1.807, 2.05) is 32.9 Å². The Morgan fingerprint density at radius 1 is 1.41 bits per heavy atom. The van der Waals surface area contributed by atoms with Crippen LogP contribution in [0.5, 0.6) is 0 Å². The SMILES string of the molecule is CC(C)(C)OC(=O)N1CCC[C@H]1c1ncc(-c2nc3ccc(Br)cc3s2)[nH]1. The van der Waals surface area contributed by atoms with Gasteiger partial charge in [-0.2, -0.15) is 0 Å². The zero-order valence-corrected chi connectivity index (χ0v) is 17.9. The third-order valence-corrected chi connectivity index (χ3v) is 5.92. The van der Waals surface area contributed by atoms with E-state index in [0.717, 1.165) is 44.1 Å². The number of carbonyl (C=O) groups excluding carboxylic acids is 1. The lowest BCUT2D eigenvalue weighted by Gasteiger charge is -2.27. The fraction of sp³-hybridized carbons (Fsp3) is 0.421. The van der Waals surface area contributed by atoms with Crippen LogP contribution in [0, 0.1) is 0 Å². The summed E-state index contributed by atoms with van der Waals surface area (Å²) >= 11 is 5.11. The van der Waals surface area contributed by atoms with Gasteiger partial charge in [-0.25, -0.2) is 14.8 Å². The van der Waals surface area contributed by atoms with Crippen LogP contribution >= 0.6 is 27.3 Å². The van der Waals surface area contributed by atoms with Crippen molar-refractivity contribution in [3.63, 3.8) is 0 Å². The topological polar surface area (TPSA) is 71.1 Å². The Labute approximate surface area is 170 Å². The van der Waals surface area contributed by atoms with Gasteiger partial charge in [-0.15, -0.1) is 11.3 Å². The zero-order chi connectivity index (χ0) is 19.2. The summed E-state index contributed by atoms with van der Waals surface area (Å²) in [6, 6.07) is 5.96. The number of halogens is 1. The number of ether oxygens (including phenoxy) is 1. The van der Waals surface area contributed by atoms with Gasteiger partial charge in [-0.1, -0.05) is 15.9 Å². The van der Waals surface area contributed by atoms with Gasteiger partial charge in [0.15, 0.2) is 0 Å². The predicted molar refractivity (Wildman–Crippen MR) is 110 cm³/mol. The molecule has 0 radical (unpaired) electrons. The van der Waals surface area contributed by atoms with Crippen molar-refractivity contribution in [3.05, 3.63) is 34.7 Å². The summed E-state index contributed by atoms with van der Waals surface area (Å²) in [7, 11) is 0. The number of H-pyrrole nitrogens is 1. The molecule has 1 aliphatic rings. The van der Waals surface area contributed by atoms with Crippen LogP contribution in [0.4, 0.5) is 4.79 Å². The van der Waals surface area contributed by atoms with E-state index in [9.17, 15) is 4.79 Å². The van der Waals surface area contributed by atoms with E-state index >= 15 is 0 Å². The summed E-state index contributed by atoms with van der Waals surface area (Å²) in [6.07, 6.45) is 3.33. The summed E-state index contributed by atoms with van der Waals surface area (Å²) in [5.74, 6) is 0.786. The van der Waals surface area contributed by atoms with Gasteiger partial charge < -0.3 is 9.72 Å². The standard InChI is InChI=1S/C19H21BrN4O2S/c1-19(2,3)26-18(25)24-8-4-5-14(24)16-21-10-13(22-16)17-23-12-7-6-11(20)9-15(12)27-17/h6-7,9-10,14H,4-5,8H2,1-3H3,(H,21,22)/t14-/m0/s1. The van der Waals surface area contributed by atoms with Crippen molar-refractivity contribution in [1.29, 1.82) is 0 Å². The van der Waals surface area contributed by atoms with Gasteiger partial charge in [0, 0.05) is 11.0 Å². The maximum absolute atomic E-state index is 12.5. The molecule has 0 saturated carbocycles. The first-order valence-corrected chi connectivity index (χ1v) is 10.5. The number of hydrogen-bond acceptors (Lipinski definition) is 5. The smallest absolute Gasteiger partial charge is 0.410 e. The van der Waals surface area contributed by atoms with E-state index in [1.165, 1.54) is 0 Å². The Hall–Kier alpha value is -1.93. The minimum Gasteiger partial charge on any atom is -0.444 e. The number of thiazole rings is 1.